The molecular formula is C14H30N2O2. The standard InChI is InChI=1S/C14H30N2O2/c1-6-15-14(5,13(17)18)10-8-9-11-16(7-2)12(3)4/h12,15H,6-11H2,1-5H3,(H,17,18). The molecule has 0 bridgehead atoms. The van der Waals surface area contributed by atoms with Gasteiger partial charge in [0.1, 0.15) is 5.54 Å². The van der Waals surface area contributed by atoms with Gasteiger partial charge in [-0.3, -0.25) is 4.79 Å². The first-order valence-corrected chi connectivity index (χ1v) is 7.09. The fourth-order valence-electron chi connectivity index (χ4n) is 2.24. The predicted octanol–water partition coefficient (Wildman–Crippen LogP) is 2.34. The molecule has 0 fully saturated rings. The fourth-order valence-corrected chi connectivity index (χ4v) is 2.24. The molecule has 0 aromatic heterocycles. The van der Waals surface area contributed by atoms with E-state index in [1.807, 2.05) is 6.92 Å². The average Bonchev–Trinajstić information content (AvgIpc) is 2.28. The second-order valence-corrected chi connectivity index (χ2v) is 5.35. The summed E-state index contributed by atoms with van der Waals surface area (Å²) in [6.45, 7) is 13.1. The van der Waals surface area contributed by atoms with Crippen molar-refractivity contribution in [1.29, 1.82) is 0 Å². The molecule has 0 aliphatic heterocycles. The SMILES string of the molecule is CCNC(C)(CCCCN(CC)C(C)C)C(=O)O. The summed E-state index contributed by atoms with van der Waals surface area (Å²) in [6, 6.07) is 0.564. The van der Waals surface area contributed by atoms with Crippen molar-refractivity contribution >= 4 is 5.97 Å². The Bertz CT molecular complexity index is 244. The summed E-state index contributed by atoms with van der Waals surface area (Å²) in [5.41, 5.74) is -0.774. The van der Waals surface area contributed by atoms with E-state index in [9.17, 15) is 9.90 Å². The maximum absolute atomic E-state index is 11.2. The molecule has 0 aromatic carbocycles. The van der Waals surface area contributed by atoms with Crippen LogP contribution >= 0.6 is 0 Å². The zero-order valence-corrected chi connectivity index (χ0v) is 12.6. The number of carboxylic acid groups (broad SMARTS) is 1. The van der Waals surface area contributed by atoms with Crippen molar-refractivity contribution in [1.82, 2.24) is 10.2 Å². The van der Waals surface area contributed by atoms with E-state index in [0.717, 1.165) is 25.9 Å². The van der Waals surface area contributed by atoms with Crippen LogP contribution in [0.4, 0.5) is 0 Å². The minimum Gasteiger partial charge on any atom is -0.480 e. The molecule has 4 heteroatoms. The Morgan fingerprint density at radius 2 is 1.94 bits per heavy atom. The second-order valence-electron chi connectivity index (χ2n) is 5.35. The van der Waals surface area contributed by atoms with Crippen molar-refractivity contribution < 1.29 is 9.90 Å². The third-order valence-electron chi connectivity index (χ3n) is 3.55. The monoisotopic (exact) mass is 258 g/mol. The van der Waals surface area contributed by atoms with Crippen LogP contribution in [0.25, 0.3) is 0 Å². The van der Waals surface area contributed by atoms with E-state index in [-0.39, 0.29) is 0 Å². The van der Waals surface area contributed by atoms with Crippen LogP contribution in [0.3, 0.4) is 0 Å². The van der Waals surface area contributed by atoms with Gasteiger partial charge in [0, 0.05) is 6.04 Å². The molecule has 0 saturated carbocycles. The summed E-state index contributed by atoms with van der Waals surface area (Å²) in [5, 5.41) is 12.3. The number of nitrogens with zero attached hydrogens (tertiary/aromatic N) is 1. The van der Waals surface area contributed by atoms with Crippen LogP contribution < -0.4 is 5.32 Å². The number of carbonyl (C=O) groups is 1. The first-order valence-electron chi connectivity index (χ1n) is 7.09. The number of hydrogen-bond donors (Lipinski definition) is 2. The van der Waals surface area contributed by atoms with Gasteiger partial charge in [-0.2, -0.15) is 0 Å². The molecule has 0 aromatic rings. The Hall–Kier alpha value is -0.610. The quantitative estimate of drug-likeness (QED) is 0.591. The van der Waals surface area contributed by atoms with Gasteiger partial charge in [0.05, 0.1) is 0 Å². The molecule has 0 aliphatic carbocycles. The van der Waals surface area contributed by atoms with Gasteiger partial charge in [0.2, 0.25) is 0 Å². The number of aliphatic carboxylic acids is 1. The summed E-state index contributed by atoms with van der Waals surface area (Å²) in [4.78, 5) is 13.6. The van der Waals surface area contributed by atoms with Crippen LogP contribution in [0.2, 0.25) is 0 Å². The second kappa shape index (κ2) is 8.48. The summed E-state index contributed by atoms with van der Waals surface area (Å²) in [7, 11) is 0. The lowest BCUT2D eigenvalue weighted by atomic mass is 9.94. The van der Waals surface area contributed by atoms with E-state index in [4.69, 9.17) is 0 Å². The zero-order chi connectivity index (χ0) is 14.2. The highest BCUT2D eigenvalue weighted by atomic mass is 16.4. The molecule has 0 radical (unpaired) electrons. The molecule has 0 aliphatic rings. The van der Waals surface area contributed by atoms with Crippen LogP contribution in [-0.2, 0) is 4.79 Å². The lowest BCUT2D eigenvalue weighted by Gasteiger charge is -2.27. The van der Waals surface area contributed by atoms with Crippen LogP contribution in [0.5, 0.6) is 0 Å². The van der Waals surface area contributed by atoms with Crippen molar-refractivity contribution in [2.45, 2.75) is 65.5 Å². The third-order valence-corrected chi connectivity index (χ3v) is 3.55. The highest BCUT2D eigenvalue weighted by molar-refractivity contribution is 5.78. The van der Waals surface area contributed by atoms with Crippen LogP contribution in [0, 0.1) is 0 Å². The first kappa shape index (κ1) is 17.4. The minimum atomic E-state index is -0.774. The lowest BCUT2D eigenvalue weighted by molar-refractivity contribution is -0.144. The van der Waals surface area contributed by atoms with E-state index >= 15 is 0 Å². The van der Waals surface area contributed by atoms with Crippen molar-refractivity contribution in [3.8, 4) is 0 Å². The van der Waals surface area contributed by atoms with Crippen molar-refractivity contribution in [2.24, 2.45) is 0 Å². The maximum Gasteiger partial charge on any atom is 0.323 e. The Labute approximate surface area is 112 Å². The summed E-state index contributed by atoms with van der Waals surface area (Å²) < 4.78 is 0. The number of unbranched alkanes of at least 4 members (excludes halogenated alkanes) is 1. The molecule has 18 heavy (non-hydrogen) atoms. The van der Waals surface area contributed by atoms with Gasteiger partial charge in [-0.1, -0.05) is 13.8 Å². The number of nitrogens with one attached hydrogen (secondary N) is 1. The van der Waals surface area contributed by atoms with Gasteiger partial charge in [-0.05, 0) is 59.7 Å². The molecule has 0 rings (SSSR count). The number of hydrogen-bond acceptors (Lipinski definition) is 3. The Balaban J connectivity index is 4.04. The number of rotatable bonds is 10. The molecule has 0 heterocycles. The fraction of sp³-hybridized carbons (Fsp3) is 0.929. The molecule has 1 atom stereocenters. The van der Waals surface area contributed by atoms with Gasteiger partial charge in [0.15, 0.2) is 0 Å². The summed E-state index contributed by atoms with van der Waals surface area (Å²) >= 11 is 0. The van der Waals surface area contributed by atoms with Gasteiger partial charge in [0.25, 0.3) is 0 Å². The number of carboxylic acids is 1. The molecule has 108 valence electrons. The van der Waals surface area contributed by atoms with Gasteiger partial charge >= 0.3 is 5.97 Å². The van der Waals surface area contributed by atoms with Crippen molar-refractivity contribution in [3.63, 3.8) is 0 Å². The molecule has 0 spiro atoms. The maximum atomic E-state index is 11.2. The zero-order valence-electron chi connectivity index (χ0n) is 12.6. The first-order chi connectivity index (χ1) is 8.37. The molecule has 4 nitrogen and oxygen atoms in total. The van der Waals surface area contributed by atoms with Crippen LogP contribution in [0.15, 0.2) is 0 Å². The highest BCUT2D eigenvalue weighted by Gasteiger charge is 2.31. The van der Waals surface area contributed by atoms with E-state index in [2.05, 4.69) is 31.0 Å². The number of likely N-dealkylation sites (N-methyl/N-ethyl adjacent to an activating group) is 1. The smallest absolute Gasteiger partial charge is 0.323 e. The van der Waals surface area contributed by atoms with E-state index in [0.29, 0.717) is 19.0 Å². The Kier molecular flexibility index (Phi) is 8.20. The third kappa shape index (κ3) is 5.83. The summed E-state index contributed by atoms with van der Waals surface area (Å²) in [6.07, 6.45) is 2.69. The van der Waals surface area contributed by atoms with Crippen molar-refractivity contribution in [2.75, 3.05) is 19.6 Å². The summed E-state index contributed by atoms with van der Waals surface area (Å²) in [5.74, 6) is -0.749. The minimum absolute atomic E-state index is 0.564. The highest BCUT2D eigenvalue weighted by Crippen LogP contribution is 2.15. The molecule has 2 N–H and O–H groups in total. The molecule has 0 saturated heterocycles. The molecular weight excluding hydrogens is 228 g/mol. The largest absolute Gasteiger partial charge is 0.480 e. The van der Waals surface area contributed by atoms with Gasteiger partial charge in [-0.15, -0.1) is 0 Å². The van der Waals surface area contributed by atoms with Crippen LogP contribution in [-0.4, -0.2) is 47.2 Å². The van der Waals surface area contributed by atoms with Crippen molar-refractivity contribution in [3.05, 3.63) is 0 Å². The van der Waals surface area contributed by atoms with Gasteiger partial charge < -0.3 is 15.3 Å². The average molecular weight is 258 g/mol. The topological polar surface area (TPSA) is 52.6 Å². The Morgan fingerprint density at radius 3 is 2.33 bits per heavy atom. The van der Waals surface area contributed by atoms with Crippen LogP contribution in [0.1, 0.15) is 53.9 Å². The Morgan fingerprint density at radius 1 is 1.33 bits per heavy atom. The van der Waals surface area contributed by atoms with E-state index in [1.165, 1.54) is 0 Å². The molecule has 0 amide bonds. The molecule has 1 unspecified atom stereocenters. The predicted molar refractivity (Wildman–Crippen MR) is 76.0 cm³/mol. The lowest BCUT2D eigenvalue weighted by Crippen LogP contribution is -2.49. The van der Waals surface area contributed by atoms with E-state index in [1.54, 1.807) is 6.92 Å². The van der Waals surface area contributed by atoms with E-state index < -0.39 is 11.5 Å². The van der Waals surface area contributed by atoms with Gasteiger partial charge in [-0.25, -0.2) is 0 Å². The normalized spacial score (nSPS) is 15.1.